The predicted octanol–water partition coefficient (Wildman–Crippen LogP) is -4.47. The molecule has 5 heteroatoms. The van der Waals surface area contributed by atoms with Gasteiger partial charge in [-0.05, 0) is 0 Å². The molecule has 0 heterocycles. The number of hydrogen-bond acceptors (Lipinski definition) is 0. The Balaban J connectivity index is 0. The average molecular weight is 553 g/mol. The van der Waals surface area contributed by atoms with E-state index in [1.165, 1.54) is 0 Å². The summed E-state index contributed by atoms with van der Waals surface area (Å²) in [7, 11) is 0. The quantitative estimate of drug-likeness (QED) is 0.266. The summed E-state index contributed by atoms with van der Waals surface area (Å²) in [4.78, 5) is 0. The van der Waals surface area contributed by atoms with Crippen LogP contribution in [0.3, 0.4) is 0 Å². The predicted molar refractivity (Wildman–Crippen MR) is 38.4 cm³/mol. The van der Waals surface area contributed by atoms with Gasteiger partial charge in [0.25, 0.3) is 0 Å². The fraction of sp³-hybridized carbons (Fsp3) is 0. The van der Waals surface area contributed by atoms with Crippen LogP contribution in [0.1, 0.15) is 0 Å². The molecule has 0 atom stereocenters. The van der Waals surface area contributed by atoms with Gasteiger partial charge in [-0.2, -0.15) is 0 Å². The molecule has 1 radical (unpaired) electrons. The summed E-state index contributed by atoms with van der Waals surface area (Å²) in [6.07, 6.45) is 0. The first-order valence-corrected chi connectivity index (χ1v) is 0. The first-order valence-electron chi connectivity index (χ1n) is 0. The van der Waals surface area contributed by atoms with Crippen LogP contribution in [0.2, 0.25) is 0 Å². The van der Waals surface area contributed by atoms with E-state index in [4.69, 9.17) is 0 Å². The Kier molecular flexibility index (Phi) is 183. The molecule has 0 nitrogen and oxygen atoms in total. The Labute approximate surface area is 114 Å². The van der Waals surface area contributed by atoms with E-state index in [1.54, 1.807) is 0 Å². The summed E-state index contributed by atoms with van der Waals surface area (Å²) in [5.74, 6) is 0. The van der Waals surface area contributed by atoms with Crippen LogP contribution < -0.4 is 0 Å². The summed E-state index contributed by atoms with van der Waals surface area (Å²) in [5.41, 5.74) is 0. The molecule has 0 aliphatic rings. The van der Waals surface area contributed by atoms with Gasteiger partial charge < -0.3 is 0 Å². The first kappa shape index (κ1) is 36.8. The molecule has 0 aliphatic carbocycles. The molecule has 0 N–H and O–H groups in total. The van der Waals surface area contributed by atoms with E-state index < -0.39 is 0 Å². The molecule has 0 aromatic heterocycles. The van der Waals surface area contributed by atoms with Gasteiger partial charge in [0.1, 0.15) is 0 Å². The van der Waals surface area contributed by atoms with Gasteiger partial charge in [-0.1, -0.05) is 0 Å². The number of rotatable bonds is 0. The van der Waals surface area contributed by atoms with Crippen LogP contribution in [0.4, 0.5) is 0 Å². The van der Waals surface area contributed by atoms with Crippen LogP contribution in [0.5, 0.6) is 0 Å². The molecule has 0 saturated carbocycles. The minimum absolute atomic E-state index is 0. The zero-order valence-corrected chi connectivity index (χ0v) is 9.88. The summed E-state index contributed by atoms with van der Waals surface area (Å²) in [6, 6.07) is 0. The molecule has 5 heavy (non-hydrogen) atoms. The van der Waals surface area contributed by atoms with Crippen molar-refractivity contribution in [3.63, 3.8) is 0 Å². The first-order chi connectivity index (χ1) is 0. The van der Waals surface area contributed by atoms with Gasteiger partial charge in [0.15, 0.2) is 0 Å². The minimum atomic E-state index is 0. The van der Waals surface area contributed by atoms with Crippen molar-refractivity contribution < 1.29 is 22.4 Å². The van der Waals surface area contributed by atoms with Crippen molar-refractivity contribution in [1.82, 2.24) is 0 Å². The third-order valence-electron chi connectivity index (χ3n) is 0. The van der Waals surface area contributed by atoms with Crippen molar-refractivity contribution in [2.45, 2.75) is 0 Å². The van der Waals surface area contributed by atoms with Crippen LogP contribution in [0.25, 0.3) is 0 Å². The van der Waals surface area contributed by atoms with E-state index in [2.05, 4.69) is 0 Å². The zero-order valence-electron chi connectivity index (χ0n) is 1.51. The van der Waals surface area contributed by atoms with Crippen LogP contribution in [-0.2, 0) is 22.4 Å². The fourth-order valence-electron chi connectivity index (χ4n) is 0. The van der Waals surface area contributed by atoms with E-state index in [0.29, 0.717) is 0 Å². The molecule has 0 fully saturated rings. The van der Waals surface area contributed by atoms with Crippen molar-refractivity contribution in [2.24, 2.45) is 0 Å². The van der Waals surface area contributed by atoms with E-state index in [-0.39, 0.29) is 116 Å². The fourth-order valence-corrected chi connectivity index (χ4v) is 0. The molecular weight excluding hydrogens is 542 g/mol. The van der Waals surface area contributed by atoms with Crippen molar-refractivity contribution >= 4 is 93.7 Å². The molecule has 0 spiro atoms. The molecule has 0 bridgehead atoms. The second kappa shape index (κ2) is 24.8. The molecule has 0 aromatic carbocycles. The van der Waals surface area contributed by atoms with Crippen LogP contribution in [0.15, 0.2) is 0 Å². The topological polar surface area (TPSA) is 0 Å². The van der Waals surface area contributed by atoms with Gasteiger partial charge in [0.05, 0.1) is 0 Å². The molecule has 0 aromatic rings. The van der Waals surface area contributed by atoms with Crippen LogP contribution >= 0.6 is 0 Å². The maximum atomic E-state index is 0. The molecule has 39 valence electrons. The average Bonchev–Trinajstić information content (AvgIpc) is 0. The molecule has 0 saturated heterocycles. The number of hydrogen-bond donors (Lipinski definition) is 0. The Bertz CT molecular complexity index is 11.6. The summed E-state index contributed by atoms with van der Waals surface area (Å²) in [6.45, 7) is 0. The molecular formula is H11AgGaInSbTe. The van der Waals surface area contributed by atoms with Gasteiger partial charge in [0.2, 0.25) is 0 Å². The van der Waals surface area contributed by atoms with Crippen molar-refractivity contribution in [3.8, 4) is 0 Å². The second-order valence-corrected chi connectivity index (χ2v) is 0. The Hall–Kier alpha value is 3.85. The maximum absolute atomic E-state index is 0. The zero-order chi connectivity index (χ0) is 0. The van der Waals surface area contributed by atoms with E-state index in [9.17, 15) is 0 Å². The van der Waals surface area contributed by atoms with Crippen molar-refractivity contribution in [3.05, 3.63) is 0 Å². The SMILES string of the molecule is [Ag].[GaH3].[InH3].[SbH3].[TeH2]. The van der Waals surface area contributed by atoms with E-state index in [1.807, 2.05) is 0 Å². The normalized spacial score (nSPS) is 0. The summed E-state index contributed by atoms with van der Waals surface area (Å²) >= 11 is 0. The van der Waals surface area contributed by atoms with Gasteiger partial charge in [-0.25, -0.2) is 0 Å². The van der Waals surface area contributed by atoms with E-state index >= 15 is 0 Å². The van der Waals surface area contributed by atoms with Gasteiger partial charge in [0, 0.05) is 22.4 Å². The summed E-state index contributed by atoms with van der Waals surface area (Å²) < 4.78 is 0. The Morgan fingerprint density at radius 1 is 1.00 bits per heavy atom. The standard InChI is InChI=1S/Ag.Ga.In.Sb.H2Te.9H/h;;;;1H2;;;;;;;;;. The van der Waals surface area contributed by atoms with Gasteiger partial charge >= 0.3 is 93.7 Å². The molecule has 0 aliphatic heterocycles. The van der Waals surface area contributed by atoms with Crippen molar-refractivity contribution in [1.29, 1.82) is 0 Å². The Morgan fingerprint density at radius 3 is 1.00 bits per heavy atom. The van der Waals surface area contributed by atoms with Crippen molar-refractivity contribution in [2.75, 3.05) is 0 Å². The third kappa shape index (κ3) is 18.1. The van der Waals surface area contributed by atoms with Gasteiger partial charge in [-0.3, -0.25) is 0 Å². The molecule has 0 amide bonds. The summed E-state index contributed by atoms with van der Waals surface area (Å²) in [5, 5.41) is 0. The molecule has 0 rings (SSSR count). The second-order valence-electron chi connectivity index (χ2n) is 0. The molecule has 0 unspecified atom stereocenters. The van der Waals surface area contributed by atoms with Crippen LogP contribution in [-0.4, -0.2) is 93.7 Å². The monoisotopic (exact) mass is 553 g/mol. The van der Waals surface area contributed by atoms with Crippen LogP contribution in [0, 0.1) is 0 Å². The Morgan fingerprint density at radius 2 is 1.00 bits per heavy atom. The van der Waals surface area contributed by atoms with Gasteiger partial charge in [-0.15, -0.1) is 0 Å². The van der Waals surface area contributed by atoms with E-state index in [0.717, 1.165) is 0 Å². The third-order valence-corrected chi connectivity index (χ3v) is 0.